The van der Waals surface area contributed by atoms with Gasteiger partial charge in [0.25, 0.3) is 0 Å². The second-order valence-corrected chi connectivity index (χ2v) is 7.28. The van der Waals surface area contributed by atoms with Crippen LogP contribution in [-0.4, -0.2) is 35.7 Å². The molecular formula is C21H17N7O2. The summed E-state index contributed by atoms with van der Waals surface area (Å²) < 4.78 is 1.67. The second-order valence-electron chi connectivity index (χ2n) is 7.28. The summed E-state index contributed by atoms with van der Waals surface area (Å²) in [6, 6.07) is 11.8. The molecule has 9 heteroatoms. The molecule has 0 aliphatic heterocycles. The maximum Gasteiger partial charge on any atom is 0.326 e. The van der Waals surface area contributed by atoms with Gasteiger partial charge < -0.3 is 10.1 Å². The first-order valence-corrected chi connectivity index (χ1v) is 9.52. The normalized spacial score (nSPS) is 15.0. The minimum atomic E-state index is -0.495. The molecule has 0 amide bonds. The van der Waals surface area contributed by atoms with Gasteiger partial charge >= 0.3 is 5.69 Å². The van der Waals surface area contributed by atoms with Crippen molar-refractivity contribution in [1.29, 1.82) is 5.26 Å². The Kier molecular flexibility index (Phi) is 4.17. The largest absolute Gasteiger partial charge is 0.493 e. The molecule has 1 aliphatic rings. The third-order valence-electron chi connectivity index (χ3n) is 4.87. The number of hydrogen-bond donors (Lipinski definition) is 3. The van der Waals surface area contributed by atoms with Crippen molar-refractivity contribution in [3.63, 3.8) is 0 Å². The Balaban J connectivity index is 1.67. The zero-order valence-corrected chi connectivity index (χ0v) is 15.8. The molecule has 1 aromatic carbocycles. The second kappa shape index (κ2) is 7.00. The number of fused-ring (bicyclic) bond motifs is 1. The third-order valence-corrected chi connectivity index (χ3v) is 4.87. The van der Waals surface area contributed by atoms with E-state index in [0.29, 0.717) is 34.4 Å². The van der Waals surface area contributed by atoms with Crippen molar-refractivity contribution in [2.75, 3.05) is 0 Å². The van der Waals surface area contributed by atoms with Crippen LogP contribution in [0, 0.1) is 11.3 Å². The van der Waals surface area contributed by atoms with E-state index in [0.717, 1.165) is 24.1 Å². The smallest absolute Gasteiger partial charge is 0.326 e. The van der Waals surface area contributed by atoms with Gasteiger partial charge in [0, 0.05) is 17.7 Å². The molecule has 30 heavy (non-hydrogen) atoms. The van der Waals surface area contributed by atoms with Crippen LogP contribution in [0.15, 0.2) is 46.3 Å². The van der Waals surface area contributed by atoms with E-state index in [9.17, 15) is 9.90 Å². The summed E-state index contributed by atoms with van der Waals surface area (Å²) in [4.78, 5) is 25.8. The molecule has 148 valence electrons. The fourth-order valence-corrected chi connectivity index (χ4v) is 3.30. The molecule has 0 bridgehead atoms. The molecule has 0 unspecified atom stereocenters. The van der Waals surface area contributed by atoms with E-state index in [1.165, 1.54) is 0 Å². The number of nitrogens with zero attached hydrogens (tertiary/aromatic N) is 5. The number of aromatic amines is 2. The molecular weight excluding hydrogens is 382 g/mol. The Morgan fingerprint density at radius 3 is 2.93 bits per heavy atom. The summed E-state index contributed by atoms with van der Waals surface area (Å²) in [6.45, 7) is 0. The van der Waals surface area contributed by atoms with Crippen LogP contribution in [0.1, 0.15) is 35.4 Å². The van der Waals surface area contributed by atoms with Gasteiger partial charge in [0.15, 0.2) is 11.1 Å². The minimum absolute atomic E-state index is 0.244. The predicted octanol–water partition coefficient (Wildman–Crippen LogP) is 0.525. The van der Waals surface area contributed by atoms with E-state index < -0.39 is 5.69 Å². The van der Waals surface area contributed by atoms with Crippen molar-refractivity contribution in [2.45, 2.75) is 25.3 Å². The van der Waals surface area contributed by atoms with Crippen LogP contribution >= 0.6 is 0 Å². The first-order valence-electron chi connectivity index (χ1n) is 9.52. The topological polar surface area (TPSA) is 135 Å². The van der Waals surface area contributed by atoms with E-state index in [2.05, 4.69) is 21.1 Å². The predicted molar refractivity (Wildman–Crippen MR) is 107 cm³/mol. The van der Waals surface area contributed by atoms with Crippen LogP contribution < -0.4 is 16.4 Å². The Bertz CT molecular complexity index is 1480. The van der Waals surface area contributed by atoms with Crippen molar-refractivity contribution < 1.29 is 5.11 Å². The van der Waals surface area contributed by atoms with Gasteiger partial charge in [-0.15, -0.1) is 0 Å². The van der Waals surface area contributed by atoms with E-state index in [-0.39, 0.29) is 11.6 Å². The lowest BCUT2D eigenvalue weighted by atomic mass is 10.1. The highest BCUT2D eigenvalue weighted by Crippen LogP contribution is 2.22. The van der Waals surface area contributed by atoms with Gasteiger partial charge in [-0.2, -0.15) is 14.9 Å². The Morgan fingerprint density at radius 2 is 2.20 bits per heavy atom. The zero-order valence-electron chi connectivity index (χ0n) is 15.8. The van der Waals surface area contributed by atoms with Crippen molar-refractivity contribution in [1.82, 2.24) is 24.6 Å². The van der Waals surface area contributed by atoms with Gasteiger partial charge in [-0.05, 0) is 36.6 Å². The monoisotopic (exact) mass is 399 g/mol. The average molecular weight is 399 g/mol. The fourth-order valence-electron chi connectivity index (χ4n) is 3.30. The summed E-state index contributed by atoms with van der Waals surface area (Å²) in [5.41, 5.74) is 3.40. The number of benzene rings is 1. The molecule has 9 nitrogen and oxygen atoms in total. The lowest BCUT2D eigenvalue weighted by Crippen LogP contribution is -2.20. The van der Waals surface area contributed by atoms with Gasteiger partial charge in [0.05, 0.1) is 29.6 Å². The lowest BCUT2D eigenvalue weighted by Gasteiger charge is -2.04. The Hall–Kier alpha value is -4.19. The number of nitrogens with one attached hydrogen (secondary N) is 2. The molecule has 0 radical (unpaired) electrons. The van der Waals surface area contributed by atoms with Crippen LogP contribution in [0.5, 0.6) is 5.88 Å². The average Bonchev–Trinajstić information content (AvgIpc) is 3.37. The SMILES string of the molecule is N#Cc1cccc(Cc2cc(=NC3CC3)n3nc/c(=C\c4[nH]c(=O)[nH]c4O)c3n2)c1. The van der Waals surface area contributed by atoms with Gasteiger partial charge in [-0.3, -0.25) is 9.98 Å². The number of nitriles is 1. The van der Waals surface area contributed by atoms with Gasteiger partial charge in [0.1, 0.15) is 5.69 Å². The van der Waals surface area contributed by atoms with Crippen LogP contribution in [0.3, 0.4) is 0 Å². The quantitative estimate of drug-likeness (QED) is 0.460. The standard InChI is InChI=1S/C21H17N7O2/c22-10-13-3-1-2-12(6-13)7-16-9-18(24-15-4-5-15)28-19(25-16)14(11-23-28)8-17-20(29)27-21(30)26-17/h1-3,6,8-9,11,15,29H,4-5,7H2,(H2,26,27,30)/b14-8+,24-18?. The van der Waals surface area contributed by atoms with Gasteiger partial charge in [-0.25, -0.2) is 9.78 Å². The molecule has 1 aliphatic carbocycles. The molecule has 0 spiro atoms. The number of imidazole rings is 1. The number of aromatic hydroxyl groups is 1. The number of H-pyrrole nitrogens is 2. The summed E-state index contributed by atoms with van der Waals surface area (Å²) in [5.74, 6) is -0.244. The van der Waals surface area contributed by atoms with E-state index in [4.69, 9.17) is 15.2 Å². The van der Waals surface area contributed by atoms with Crippen LogP contribution in [-0.2, 0) is 6.42 Å². The number of hydrogen-bond acceptors (Lipinski definition) is 6. The first-order chi connectivity index (χ1) is 14.6. The molecule has 3 N–H and O–H groups in total. The fraction of sp³-hybridized carbons (Fsp3) is 0.190. The molecule has 3 aromatic heterocycles. The number of rotatable bonds is 4. The summed E-state index contributed by atoms with van der Waals surface area (Å²) in [6.07, 6.45) is 5.89. The van der Waals surface area contributed by atoms with E-state index in [1.54, 1.807) is 22.9 Å². The maximum atomic E-state index is 11.4. The highest BCUT2D eigenvalue weighted by atomic mass is 16.3. The molecule has 3 heterocycles. The zero-order chi connectivity index (χ0) is 20.7. The number of aromatic nitrogens is 5. The van der Waals surface area contributed by atoms with Crippen LogP contribution in [0.4, 0.5) is 0 Å². The summed E-state index contributed by atoms with van der Waals surface area (Å²) in [5, 5.41) is 24.1. The summed E-state index contributed by atoms with van der Waals surface area (Å²) in [7, 11) is 0. The maximum absolute atomic E-state index is 11.4. The minimum Gasteiger partial charge on any atom is -0.493 e. The Labute approximate surface area is 169 Å². The molecule has 5 rings (SSSR count). The lowest BCUT2D eigenvalue weighted by molar-refractivity contribution is 0.454. The molecule has 0 atom stereocenters. The van der Waals surface area contributed by atoms with E-state index >= 15 is 0 Å². The molecule has 4 aromatic rings. The third kappa shape index (κ3) is 3.46. The van der Waals surface area contributed by atoms with Crippen molar-refractivity contribution >= 4 is 11.7 Å². The van der Waals surface area contributed by atoms with Crippen molar-refractivity contribution in [3.8, 4) is 11.9 Å². The van der Waals surface area contributed by atoms with Crippen LogP contribution in [0.25, 0.3) is 11.7 Å². The Morgan fingerprint density at radius 1 is 1.33 bits per heavy atom. The highest BCUT2D eigenvalue weighted by Gasteiger charge is 2.20. The summed E-state index contributed by atoms with van der Waals surface area (Å²) >= 11 is 0. The van der Waals surface area contributed by atoms with Crippen molar-refractivity contribution in [3.05, 3.63) is 80.2 Å². The van der Waals surface area contributed by atoms with Gasteiger partial charge in [-0.1, -0.05) is 12.1 Å². The first kappa shape index (κ1) is 17.9. The van der Waals surface area contributed by atoms with Crippen LogP contribution in [0.2, 0.25) is 0 Å². The molecule has 0 saturated heterocycles. The van der Waals surface area contributed by atoms with E-state index in [1.807, 2.05) is 24.3 Å². The van der Waals surface area contributed by atoms with Crippen molar-refractivity contribution in [2.24, 2.45) is 4.99 Å². The van der Waals surface area contributed by atoms with Gasteiger partial charge in [0.2, 0.25) is 5.88 Å². The molecule has 1 fully saturated rings. The molecule has 1 saturated carbocycles. The highest BCUT2D eigenvalue weighted by molar-refractivity contribution is 5.56.